The van der Waals surface area contributed by atoms with Crippen molar-refractivity contribution in [3.8, 4) is 0 Å². The lowest BCUT2D eigenvalue weighted by Gasteiger charge is -2.05. The van der Waals surface area contributed by atoms with Crippen molar-refractivity contribution in [1.82, 2.24) is 10.3 Å². The fourth-order valence-electron chi connectivity index (χ4n) is 1.53. The largest absolute Gasteiger partial charge is 0.346 e. The van der Waals surface area contributed by atoms with Crippen LogP contribution in [-0.2, 0) is 6.54 Å². The minimum absolute atomic E-state index is 0.0566. The summed E-state index contributed by atoms with van der Waals surface area (Å²) < 4.78 is 1.00. The molecule has 1 amide bonds. The number of nitrogens with zero attached hydrogens (tertiary/aromatic N) is 1. The molecule has 0 bridgehead atoms. The molecule has 2 aromatic heterocycles. The molecule has 5 heteroatoms. The van der Waals surface area contributed by atoms with Gasteiger partial charge in [0.2, 0.25) is 0 Å². The molecule has 0 aliphatic heterocycles. The molecule has 18 heavy (non-hydrogen) atoms. The zero-order valence-corrected chi connectivity index (χ0v) is 12.6. The Morgan fingerprint density at radius 3 is 2.83 bits per heavy atom. The first-order chi connectivity index (χ1) is 8.58. The van der Waals surface area contributed by atoms with Crippen LogP contribution in [0.25, 0.3) is 0 Å². The standard InChI is InChI=1S/C13H13BrN2OS/c1-8-4-3-5-15-10(8)7-16-13(17)11-6-9(2)12(14)18-11/h3-6H,7H2,1-2H3,(H,16,17). The van der Waals surface area contributed by atoms with Gasteiger partial charge in [0.1, 0.15) is 0 Å². The van der Waals surface area contributed by atoms with E-state index < -0.39 is 0 Å². The maximum absolute atomic E-state index is 11.9. The summed E-state index contributed by atoms with van der Waals surface area (Å²) in [5, 5.41) is 2.88. The summed E-state index contributed by atoms with van der Waals surface area (Å²) in [5.74, 6) is -0.0566. The molecule has 0 spiro atoms. The Bertz CT molecular complexity index is 561. The summed E-state index contributed by atoms with van der Waals surface area (Å²) in [6, 6.07) is 5.76. The molecular formula is C13H13BrN2OS. The van der Waals surface area contributed by atoms with Crippen molar-refractivity contribution in [2.45, 2.75) is 20.4 Å². The topological polar surface area (TPSA) is 42.0 Å². The third-order valence-corrected chi connectivity index (χ3v) is 4.75. The highest BCUT2D eigenvalue weighted by atomic mass is 79.9. The van der Waals surface area contributed by atoms with Gasteiger partial charge in [-0.1, -0.05) is 6.07 Å². The fourth-order valence-corrected chi connectivity index (χ4v) is 2.98. The number of aromatic nitrogens is 1. The van der Waals surface area contributed by atoms with Gasteiger partial charge in [-0.3, -0.25) is 9.78 Å². The number of pyridine rings is 1. The number of amides is 1. The Morgan fingerprint density at radius 2 is 2.22 bits per heavy atom. The van der Waals surface area contributed by atoms with E-state index in [0.717, 1.165) is 20.6 Å². The van der Waals surface area contributed by atoms with E-state index in [1.54, 1.807) is 6.20 Å². The molecule has 0 aliphatic carbocycles. The van der Waals surface area contributed by atoms with Gasteiger partial charge in [-0.2, -0.15) is 0 Å². The summed E-state index contributed by atoms with van der Waals surface area (Å²) in [7, 11) is 0. The fraction of sp³-hybridized carbons (Fsp3) is 0.231. The summed E-state index contributed by atoms with van der Waals surface area (Å²) in [5.41, 5.74) is 3.07. The smallest absolute Gasteiger partial charge is 0.261 e. The predicted molar refractivity (Wildman–Crippen MR) is 76.9 cm³/mol. The summed E-state index contributed by atoms with van der Waals surface area (Å²) in [6.45, 7) is 4.42. The molecule has 0 saturated carbocycles. The average Bonchev–Trinajstić information content (AvgIpc) is 2.68. The SMILES string of the molecule is Cc1cccnc1CNC(=O)c1cc(C)c(Br)s1. The summed E-state index contributed by atoms with van der Waals surface area (Å²) in [4.78, 5) is 16.9. The van der Waals surface area contributed by atoms with Crippen molar-refractivity contribution >= 4 is 33.2 Å². The lowest BCUT2D eigenvalue weighted by Crippen LogP contribution is -2.22. The van der Waals surface area contributed by atoms with E-state index in [0.29, 0.717) is 11.4 Å². The van der Waals surface area contributed by atoms with Crippen LogP contribution in [0.1, 0.15) is 26.5 Å². The molecule has 0 fully saturated rings. The van der Waals surface area contributed by atoms with Gasteiger partial charge in [0, 0.05) is 6.20 Å². The van der Waals surface area contributed by atoms with Crippen molar-refractivity contribution in [1.29, 1.82) is 0 Å². The molecule has 0 radical (unpaired) electrons. The van der Waals surface area contributed by atoms with E-state index in [2.05, 4.69) is 26.2 Å². The van der Waals surface area contributed by atoms with Gasteiger partial charge in [-0.05, 0) is 53.0 Å². The Kier molecular flexibility index (Phi) is 4.14. The third kappa shape index (κ3) is 2.97. The molecule has 2 heterocycles. The molecule has 2 aromatic rings. The number of halogens is 1. The Morgan fingerprint density at radius 1 is 1.44 bits per heavy atom. The normalized spacial score (nSPS) is 10.4. The molecule has 0 atom stereocenters. The number of carbonyl (C=O) groups excluding carboxylic acids is 1. The molecule has 94 valence electrons. The van der Waals surface area contributed by atoms with E-state index >= 15 is 0 Å². The van der Waals surface area contributed by atoms with E-state index in [9.17, 15) is 4.79 Å². The quantitative estimate of drug-likeness (QED) is 0.939. The highest BCUT2D eigenvalue weighted by Gasteiger charge is 2.11. The number of hydrogen-bond acceptors (Lipinski definition) is 3. The third-order valence-electron chi connectivity index (χ3n) is 2.62. The molecule has 2 rings (SSSR count). The van der Waals surface area contributed by atoms with Crippen LogP contribution in [0.3, 0.4) is 0 Å². The van der Waals surface area contributed by atoms with Crippen LogP contribution in [0.5, 0.6) is 0 Å². The van der Waals surface area contributed by atoms with Crippen LogP contribution in [0.4, 0.5) is 0 Å². The summed E-state index contributed by atoms with van der Waals surface area (Å²) in [6.07, 6.45) is 1.74. The van der Waals surface area contributed by atoms with Crippen LogP contribution in [0, 0.1) is 13.8 Å². The second-order valence-electron chi connectivity index (χ2n) is 4.02. The van der Waals surface area contributed by atoms with Crippen molar-refractivity contribution < 1.29 is 4.79 Å². The van der Waals surface area contributed by atoms with Gasteiger partial charge in [0.15, 0.2) is 0 Å². The molecule has 0 unspecified atom stereocenters. The average molecular weight is 325 g/mol. The van der Waals surface area contributed by atoms with Gasteiger partial charge >= 0.3 is 0 Å². The zero-order valence-electron chi connectivity index (χ0n) is 10.2. The minimum atomic E-state index is -0.0566. The molecular weight excluding hydrogens is 312 g/mol. The highest BCUT2D eigenvalue weighted by molar-refractivity contribution is 9.11. The number of carbonyl (C=O) groups is 1. The summed E-state index contributed by atoms with van der Waals surface area (Å²) >= 11 is 4.86. The predicted octanol–water partition coefficient (Wildman–Crippen LogP) is 3.45. The number of aryl methyl sites for hydroxylation is 2. The number of thiophene rings is 1. The van der Waals surface area contributed by atoms with Gasteiger partial charge in [0.05, 0.1) is 20.9 Å². The first-order valence-corrected chi connectivity index (χ1v) is 7.13. The van der Waals surface area contributed by atoms with E-state index in [1.165, 1.54) is 11.3 Å². The first kappa shape index (κ1) is 13.2. The van der Waals surface area contributed by atoms with Gasteiger partial charge in [0.25, 0.3) is 5.91 Å². The van der Waals surface area contributed by atoms with Crippen molar-refractivity contribution in [3.63, 3.8) is 0 Å². The van der Waals surface area contributed by atoms with Crippen molar-refractivity contribution in [3.05, 3.63) is 49.9 Å². The molecule has 0 aliphatic rings. The molecule has 0 saturated heterocycles. The van der Waals surface area contributed by atoms with E-state index in [-0.39, 0.29) is 5.91 Å². The lowest BCUT2D eigenvalue weighted by atomic mass is 10.2. The van der Waals surface area contributed by atoms with Gasteiger partial charge in [-0.25, -0.2) is 0 Å². The Balaban J connectivity index is 2.03. The van der Waals surface area contributed by atoms with Crippen molar-refractivity contribution in [2.75, 3.05) is 0 Å². The molecule has 1 N–H and O–H groups in total. The second kappa shape index (κ2) is 5.63. The Labute approximate surface area is 118 Å². The lowest BCUT2D eigenvalue weighted by molar-refractivity contribution is 0.0954. The van der Waals surface area contributed by atoms with Crippen LogP contribution in [0.2, 0.25) is 0 Å². The minimum Gasteiger partial charge on any atom is -0.346 e. The monoisotopic (exact) mass is 324 g/mol. The van der Waals surface area contributed by atoms with E-state index in [4.69, 9.17) is 0 Å². The molecule has 3 nitrogen and oxygen atoms in total. The number of nitrogens with one attached hydrogen (secondary N) is 1. The highest BCUT2D eigenvalue weighted by Crippen LogP contribution is 2.27. The van der Waals surface area contributed by atoms with Gasteiger partial charge < -0.3 is 5.32 Å². The zero-order chi connectivity index (χ0) is 13.1. The van der Waals surface area contributed by atoms with E-state index in [1.807, 2.05) is 32.0 Å². The Hall–Kier alpha value is -1.20. The first-order valence-electron chi connectivity index (χ1n) is 5.52. The van der Waals surface area contributed by atoms with Crippen LogP contribution >= 0.6 is 27.3 Å². The van der Waals surface area contributed by atoms with Crippen LogP contribution in [0.15, 0.2) is 28.2 Å². The second-order valence-corrected chi connectivity index (χ2v) is 6.39. The number of rotatable bonds is 3. The number of hydrogen-bond donors (Lipinski definition) is 1. The van der Waals surface area contributed by atoms with Gasteiger partial charge in [-0.15, -0.1) is 11.3 Å². The van der Waals surface area contributed by atoms with Crippen LogP contribution < -0.4 is 5.32 Å². The molecule has 0 aromatic carbocycles. The maximum atomic E-state index is 11.9. The maximum Gasteiger partial charge on any atom is 0.261 e. The van der Waals surface area contributed by atoms with Crippen LogP contribution in [-0.4, -0.2) is 10.9 Å². The van der Waals surface area contributed by atoms with Crippen molar-refractivity contribution in [2.24, 2.45) is 0 Å².